The molecule has 22 heavy (non-hydrogen) atoms. The first-order valence-corrected chi connectivity index (χ1v) is 6.52. The molecule has 0 aliphatic carbocycles. The summed E-state index contributed by atoms with van der Waals surface area (Å²) in [5, 5.41) is 0. The Morgan fingerprint density at radius 2 is 1.68 bits per heavy atom. The second-order valence-electron chi connectivity index (χ2n) is 4.79. The van der Waals surface area contributed by atoms with Gasteiger partial charge in [0.15, 0.2) is 17.5 Å². The molecule has 4 nitrogen and oxygen atoms in total. The largest absolute Gasteiger partial charge is 0.328 e. The van der Waals surface area contributed by atoms with E-state index in [0.717, 1.165) is 0 Å². The summed E-state index contributed by atoms with van der Waals surface area (Å²) in [6, 6.07) is 5.94. The normalized spacial score (nSPS) is 10.7. The van der Waals surface area contributed by atoms with Gasteiger partial charge in [0.1, 0.15) is 0 Å². The summed E-state index contributed by atoms with van der Waals surface area (Å²) in [6.45, 7) is 1.50. The number of hydrogen-bond acceptors (Lipinski definition) is 3. The van der Waals surface area contributed by atoms with E-state index < -0.39 is 11.6 Å². The van der Waals surface area contributed by atoms with Crippen LogP contribution in [0.15, 0.2) is 47.7 Å². The van der Waals surface area contributed by atoms with Gasteiger partial charge in [-0.05, 0) is 18.6 Å². The van der Waals surface area contributed by atoms with Crippen LogP contribution in [0.2, 0.25) is 0 Å². The summed E-state index contributed by atoms with van der Waals surface area (Å²) >= 11 is 0. The van der Waals surface area contributed by atoms with Crippen LogP contribution in [0.1, 0.15) is 5.56 Å². The molecule has 3 rings (SSSR count). The highest BCUT2D eigenvalue weighted by atomic mass is 19.2. The Kier molecular flexibility index (Phi) is 3.50. The van der Waals surface area contributed by atoms with Crippen LogP contribution in [0.25, 0.3) is 22.5 Å². The van der Waals surface area contributed by atoms with E-state index in [9.17, 15) is 13.6 Å². The number of halogens is 2. The molecule has 0 unspecified atom stereocenters. The highest BCUT2D eigenvalue weighted by Gasteiger charge is 2.13. The minimum Gasteiger partial charge on any atom is -0.328 e. The van der Waals surface area contributed by atoms with Crippen molar-refractivity contribution in [2.24, 2.45) is 0 Å². The van der Waals surface area contributed by atoms with Crippen molar-refractivity contribution < 1.29 is 8.78 Å². The van der Waals surface area contributed by atoms with Gasteiger partial charge in [0.2, 0.25) is 5.56 Å². The fraction of sp³-hybridized carbons (Fsp3) is 0.0625. The molecule has 110 valence electrons. The van der Waals surface area contributed by atoms with E-state index in [1.165, 1.54) is 43.7 Å². The maximum Gasteiger partial charge on any atom is 0.247 e. The lowest BCUT2D eigenvalue weighted by Crippen LogP contribution is -2.02. The lowest BCUT2D eigenvalue weighted by atomic mass is 10.1. The van der Waals surface area contributed by atoms with E-state index in [1.54, 1.807) is 6.07 Å². The van der Waals surface area contributed by atoms with Gasteiger partial charge in [-0.3, -0.25) is 4.79 Å². The van der Waals surface area contributed by atoms with Crippen LogP contribution in [0.4, 0.5) is 8.78 Å². The number of aromatic nitrogens is 3. The third kappa shape index (κ3) is 2.50. The Labute approximate surface area is 124 Å². The van der Waals surface area contributed by atoms with Crippen LogP contribution in [-0.2, 0) is 0 Å². The average Bonchev–Trinajstić information content (AvgIpc) is 2.54. The van der Waals surface area contributed by atoms with Gasteiger partial charge < -0.3 is 4.98 Å². The highest BCUT2D eigenvalue weighted by Crippen LogP contribution is 2.26. The third-order valence-electron chi connectivity index (χ3n) is 3.28. The van der Waals surface area contributed by atoms with Crippen molar-refractivity contribution in [2.45, 2.75) is 6.92 Å². The SMILES string of the molecule is Cc1ccc(-c2cnc(-c3ccc(=O)[nH]c3)nc2)c(F)c1F. The topological polar surface area (TPSA) is 58.6 Å². The Bertz CT molecular complexity index is 868. The van der Waals surface area contributed by atoms with Crippen LogP contribution < -0.4 is 5.56 Å². The quantitative estimate of drug-likeness (QED) is 0.791. The number of pyridine rings is 1. The molecule has 0 bridgehead atoms. The van der Waals surface area contributed by atoms with E-state index in [4.69, 9.17) is 0 Å². The van der Waals surface area contributed by atoms with E-state index >= 15 is 0 Å². The van der Waals surface area contributed by atoms with E-state index in [-0.39, 0.29) is 16.7 Å². The van der Waals surface area contributed by atoms with E-state index in [0.29, 0.717) is 17.0 Å². The predicted octanol–water partition coefficient (Wildman–Crippen LogP) is 3.09. The van der Waals surface area contributed by atoms with Crippen molar-refractivity contribution in [1.82, 2.24) is 15.0 Å². The number of benzene rings is 1. The summed E-state index contributed by atoms with van der Waals surface area (Å²) in [6.07, 6.45) is 4.32. The van der Waals surface area contributed by atoms with Gasteiger partial charge in [0, 0.05) is 41.3 Å². The molecule has 1 aromatic carbocycles. The Balaban J connectivity index is 2.00. The third-order valence-corrected chi connectivity index (χ3v) is 3.28. The zero-order valence-electron chi connectivity index (χ0n) is 11.6. The molecule has 2 aromatic heterocycles. The number of hydrogen-bond donors (Lipinski definition) is 1. The zero-order valence-corrected chi connectivity index (χ0v) is 11.6. The number of rotatable bonds is 2. The smallest absolute Gasteiger partial charge is 0.247 e. The van der Waals surface area contributed by atoms with Crippen LogP contribution in [-0.4, -0.2) is 15.0 Å². The first-order valence-electron chi connectivity index (χ1n) is 6.52. The molecule has 1 N–H and O–H groups in total. The van der Waals surface area contributed by atoms with Crippen molar-refractivity contribution in [3.8, 4) is 22.5 Å². The maximum absolute atomic E-state index is 13.9. The van der Waals surface area contributed by atoms with E-state index in [2.05, 4.69) is 15.0 Å². The molecule has 0 saturated heterocycles. The maximum atomic E-state index is 13.9. The molecule has 0 aliphatic heterocycles. The lowest BCUT2D eigenvalue weighted by Gasteiger charge is -2.06. The number of aryl methyl sites for hydroxylation is 1. The molecule has 0 saturated carbocycles. The summed E-state index contributed by atoms with van der Waals surface area (Å²) in [4.78, 5) is 21.8. The van der Waals surface area contributed by atoms with Crippen molar-refractivity contribution in [1.29, 1.82) is 0 Å². The molecule has 0 aliphatic rings. The summed E-state index contributed by atoms with van der Waals surface area (Å²) in [7, 11) is 0. The molecular weight excluding hydrogens is 288 g/mol. The van der Waals surface area contributed by atoms with Crippen LogP contribution in [0.3, 0.4) is 0 Å². The highest BCUT2D eigenvalue weighted by molar-refractivity contribution is 5.64. The molecule has 0 fully saturated rings. The van der Waals surface area contributed by atoms with Gasteiger partial charge in [-0.15, -0.1) is 0 Å². The number of nitrogens with one attached hydrogen (secondary N) is 1. The minimum atomic E-state index is -0.916. The first kappa shape index (κ1) is 14.1. The van der Waals surface area contributed by atoms with Crippen LogP contribution in [0.5, 0.6) is 0 Å². The standard InChI is InChI=1S/C16H11F2N3O/c1-9-2-4-12(15(18)14(9)17)11-7-20-16(21-8-11)10-3-5-13(22)19-6-10/h2-8H,1H3,(H,19,22). The fourth-order valence-corrected chi connectivity index (χ4v) is 2.03. The summed E-state index contributed by atoms with van der Waals surface area (Å²) in [5.74, 6) is -1.41. The molecule has 0 spiro atoms. The fourth-order valence-electron chi connectivity index (χ4n) is 2.03. The summed E-state index contributed by atoms with van der Waals surface area (Å²) in [5.41, 5.74) is 1.13. The monoisotopic (exact) mass is 299 g/mol. The number of nitrogens with zero attached hydrogens (tertiary/aromatic N) is 2. The van der Waals surface area contributed by atoms with Gasteiger partial charge >= 0.3 is 0 Å². The van der Waals surface area contributed by atoms with Crippen LogP contribution in [0, 0.1) is 18.6 Å². The average molecular weight is 299 g/mol. The molecule has 3 aromatic rings. The predicted molar refractivity (Wildman–Crippen MR) is 78.2 cm³/mol. The molecular formula is C16H11F2N3O. The Morgan fingerprint density at radius 3 is 2.32 bits per heavy atom. The van der Waals surface area contributed by atoms with Crippen molar-refractivity contribution in [2.75, 3.05) is 0 Å². The van der Waals surface area contributed by atoms with Crippen LogP contribution >= 0.6 is 0 Å². The number of aromatic amines is 1. The second kappa shape index (κ2) is 5.48. The van der Waals surface area contributed by atoms with Crippen molar-refractivity contribution in [3.63, 3.8) is 0 Å². The molecule has 0 atom stereocenters. The molecule has 6 heteroatoms. The summed E-state index contributed by atoms with van der Waals surface area (Å²) < 4.78 is 27.6. The molecule has 2 heterocycles. The molecule has 0 radical (unpaired) electrons. The van der Waals surface area contributed by atoms with Crippen molar-refractivity contribution in [3.05, 3.63) is 70.4 Å². The van der Waals surface area contributed by atoms with Gasteiger partial charge in [0.05, 0.1) is 0 Å². The molecule has 0 amide bonds. The first-order chi connectivity index (χ1) is 10.6. The van der Waals surface area contributed by atoms with Gasteiger partial charge in [0.25, 0.3) is 0 Å². The minimum absolute atomic E-state index is 0.108. The Hall–Kier alpha value is -2.89. The van der Waals surface area contributed by atoms with Gasteiger partial charge in [-0.1, -0.05) is 12.1 Å². The zero-order chi connectivity index (χ0) is 15.7. The lowest BCUT2D eigenvalue weighted by molar-refractivity contribution is 0.505. The van der Waals surface area contributed by atoms with Gasteiger partial charge in [-0.25, -0.2) is 18.7 Å². The Morgan fingerprint density at radius 1 is 0.955 bits per heavy atom. The van der Waals surface area contributed by atoms with Gasteiger partial charge in [-0.2, -0.15) is 0 Å². The van der Waals surface area contributed by atoms with Crippen molar-refractivity contribution >= 4 is 0 Å². The van der Waals surface area contributed by atoms with E-state index in [1.807, 2.05) is 0 Å². The second-order valence-corrected chi connectivity index (χ2v) is 4.79. The number of H-pyrrole nitrogens is 1.